The lowest BCUT2D eigenvalue weighted by Crippen LogP contribution is -2.24. The third-order valence-electron chi connectivity index (χ3n) is 3.31. The smallest absolute Gasteiger partial charge is 0.308 e. The highest BCUT2D eigenvalue weighted by atomic mass is 16.5. The number of carbonyl (C=O) groups is 1. The summed E-state index contributed by atoms with van der Waals surface area (Å²) < 4.78 is 5.01. The van der Waals surface area contributed by atoms with Crippen LogP contribution in [0.5, 0.6) is 5.75 Å². The summed E-state index contributed by atoms with van der Waals surface area (Å²) in [6.45, 7) is 5.71. The molecule has 1 N–H and O–H groups in total. The van der Waals surface area contributed by atoms with Gasteiger partial charge in [-0.25, -0.2) is 0 Å². The van der Waals surface area contributed by atoms with Gasteiger partial charge in [-0.1, -0.05) is 32.1 Å². The Kier molecular flexibility index (Phi) is 3.76. The number of rotatable bonds is 2. The van der Waals surface area contributed by atoms with Gasteiger partial charge < -0.3 is 9.84 Å². The van der Waals surface area contributed by atoms with Crippen LogP contribution in [-0.2, 0) is 4.79 Å². The van der Waals surface area contributed by atoms with E-state index < -0.39 is 0 Å². The molecule has 0 aromatic heterocycles. The number of esters is 1. The number of ether oxygens (including phenoxy) is 1. The van der Waals surface area contributed by atoms with Crippen LogP contribution in [0.1, 0.15) is 39.2 Å². The predicted octanol–water partition coefficient (Wildman–Crippen LogP) is 3.18. The Balaban J connectivity index is 2.20. The minimum Gasteiger partial charge on any atom is -0.427 e. The summed E-state index contributed by atoms with van der Waals surface area (Å²) >= 11 is 0. The molecule has 2 rings (SSSR count). The second-order valence-electron chi connectivity index (χ2n) is 5.92. The molecule has 19 heavy (non-hydrogen) atoms. The first-order chi connectivity index (χ1) is 8.85. The van der Waals surface area contributed by atoms with E-state index in [1.807, 2.05) is 18.2 Å². The molecule has 0 saturated heterocycles. The molecule has 102 valence electrons. The first-order valence-corrected chi connectivity index (χ1v) is 6.53. The largest absolute Gasteiger partial charge is 0.427 e. The lowest BCUT2D eigenvalue weighted by molar-refractivity contribution is -0.131. The van der Waals surface area contributed by atoms with Gasteiger partial charge in [0.1, 0.15) is 5.75 Å². The Bertz CT molecular complexity index is 497. The zero-order valence-corrected chi connectivity index (χ0v) is 11.6. The Morgan fingerprint density at radius 1 is 1.32 bits per heavy atom. The number of allylic oxidation sites excluding steroid dienone is 1. The van der Waals surface area contributed by atoms with Gasteiger partial charge in [-0.3, -0.25) is 4.79 Å². The maximum absolute atomic E-state index is 10.9. The molecule has 1 aromatic carbocycles. The third kappa shape index (κ3) is 3.67. The van der Waals surface area contributed by atoms with Gasteiger partial charge in [-0.15, -0.1) is 0 Å². The Labute approximate surface area is 113 Å². The van der Waals surface area contributed by atoms with E-state index in [0.717, 1.165) is 24.0 Å². The molecular formula is C16H20O3. The van der Waals surface area contributed by atoms with Crippen molar-refractivity contribution in [1.82, 2.24) is 0 Å². The highest BCUT2D eigenvalue weighted by Gasteiger charge is 2.28. The molecular weight excluding hydrogens is 240 g/mol. The molecule has 1 aliphatic carbocycles. The number of hydrogen-bond donors (Lipinski definition) is 1. The molecule has 0 saturated carbocycles. The van der Waals surface area contributed by atoms with E-state index in [1.54, 1.807) is 12.1 Å². The Hall–Kier alpha value is -1.61. The monoisotopic (exact) mass is 260 g/mol. The van der Waals surface area contributed by atoms with Gasteiger partial charge >= 0.3 is 5.97 Å². The van der Waals surface area contributed by atoms with Gasteiger partial charge in [0.05, 0.1) is 6.10 Å². The lowest BCUT2D eigenvalue weighted by atomic mass is 9.74. The average molecular weight is 260 g/mol. The first kappa shape index (κ1) is 13.8. The highest BCUT2D eigenvalue weighted by Crippen LogP contribution is 2.39. The van der Waals surface area contributed by atoms with E-state index in [0.29, 0.717) is 5.75 Å². The lowest BCUT2D eigenvalue weighted by Gasteiger charge is -2.32. The van der Waals surface area contributed by atoms with Crippen LogP contribution in [0.4, 0.5) is 0 Å². The maximum atomic E-state index is 10.9. The van der Waals surface area contributed by atoms with Crippen molar-refractivity contribution in [3.8, 4) is 5.75 Å². The number of aliphatic hydroxyl groups excluding tert-OH is 1. The molecule has 1 aromatic rings. The van der Waals surface area contributed by atoms with Crippen LogP contribution in [0.25, 0.3) is 5.57 Å². The van der Waals surface area contributed by atoms with Crippen molar-refractivity contribution in [2.45, 2.75) is 39.7 Å². The van der Waals surface area contributed by atoms with Crippen molar-refractivity contribution in [2.24, 2.45) is 5.41 Å². The summed E-state index contributed by atoms with van der Waals surface area (Å²) in [6.07, 6.45) is 3.28. The summed E-state index contributed by atoms with van der Waals surface area (Å²) in [7, 11) is 0. The number of hydrogen-bond acceptors (Lipinski definition) is 3. The van der Waals surface area contributed by atoms with Crippen molar-refractivity contribution in [3.05, 3.63) is 35.9 Å². The fourth-order valence-corrected chi connectivity index (χ4v) is 2.61. The Morgan fingerprint density at radius 3 is 2.47 bits per heavy atom. The fourth-order valence-electron chi connectivity index (χ4n) is 2.61. The number of benzene rings is 1. The van der Waals surface area contributed by atoms with Crippen LogP contribution in [0, 0.1) is 5.41 Å². The Morgan fingerprint density at radius 2 is 1.95 bits per heavy atom. The van der Waals surface area contributed by atoms with Gasteiger partial charge in [0.15, 0.2) is 0 Å². The molecule has 0 amide bonds. The quantitative estimate of drug-likeness (QED) is 0.656. The van der Waals surface area contributed by atoms with Crippen LogP contribution >= 0.6 is 0 Å². The molecule has 0 radical (unpaired) electrons. The summed E-state index contributed by atoms with van der Waals surface area (Å²) in [6, 6.07) is 7.42. The highest BCUT2D eigenvalue weighted by molar-refractivity contribution is 5.71. The molecule has 0 bridgehead atoms. The fraction of sp³-hybridized carbons (Fsp3) is 0.438. The van der Waals surface area contributed by atoms with Crippen LogP contribution in [0.3, 0.4) is 0 Å². The summed E-state index contributed by atoms with van der Waals surface area (Å²) in [5.74, 6) is 0.230. The minimum atomic E-state index is -0.383. The van der Waals surface area contributed by atoms with Gasteiger partial charge in [0.25, 0.3) is 0 Å². The van der Waals surface area contributed by atoms with Crippen molar-refractivity contribution in [2.75, 3.05) is 0 Å². The summed E-state index contributed by atoms with van der Waals surface area (Å²) in [5, 5.41) is 9.90. The van der Waals surface area contributed by atoms with E-state index in [4.69, 9.17) is 4.74 Å². The first-order valence-electron chi connectivity index (χ1n) is 6.53. The SMILES string of the molecule is CC(=O)Oc1ccc(C2=CC(O)CC(C)(C)C2)cc1. The van der Waals surface area contributed by atoms with E-state index in [9.17, 15) is 9.90 Å². The molecule has 1 unspecified atom stereocenters. The van der Waals surface area contributed by atoms with E-state index in [2.05, 4.69) is 13.8 Å². The summed E-state index contributed by atoms with van der Waals surface area (Å²) in [5.41, 5.74) is 2.33. The topological polar surface area (TPSA) is 46.5 Å². The van der Waals surface area contributed by atoms with Gasteiger partial charge in [-0.2, -0.15) is 0 Å². The van der Waals surface area contributed by atoms with Gasteiger partial charge in [0, 0.05) is 6.92 Å². The van der Waals surface area contributed by atoms with E-state index >= 15 is 0 Å². The van der Waals surface area contributed by atoms with Crippen molar-refractivity contribution in [1.29, 1.82) is 0 Å². The second kappa shape index (κ2) is 5.17. The van der Waals surface area contributed by atoms with Crippen molar-refractivity contribution >= 4 is 11.5 Å². The molecule has 1 atom stereocenters. The van der Waals surface area contributed by atoms with E-state index in [-0.39, 0.29) is 17.5 Å². The van der Waals surface area contributed by atoms with Crippen LogP contribution < -0.4 is 4.74 Å². The van der Waals surface area contributed by atoms with Crippen molar-refractivity contribution < 1.29 is 14.6 Å². The molecule has 3 nitrogen and oxygen atoms in total. The minimum absolute atomic E-state index is 0.109. The standard InChI is InChI=1S/C16H20O3/c1-11(17)19-15-6-4-12(5-7-15)13-8-14(18)10-16(2,3)9-13/h4-8,14,18H,9-10H2,1-3H3. The van der Waals surface area contributed by atoms with Gasteiger partial charge in [0.2, 0.25) is 0 Å². The molecule has 0 fully saturated rings. The average Bonchev–Trinajstić information content (AvgIpc) is 2.26. The molecule has 0 aliphatic heterocycles. The van der Waals surface area contributed by atoms with Crippen LogP contribution in [0.2, 0.25) is 0 Å². The predicted molar refractivity (Wildman–Crippen MR) is 74.7 cm³/mol. The second-order valence-corrected chi connectivity index (χ2v) is 5.92. The number of aliphatic hydroxyl groups is 1. The summed E-state index contributed by atoms with van der Waals surface area (Å²) in [4.78, 5) is 10.9. The zero-order valence-electron chi connectivity index (χ0n) is 11.6. The zero-order chi connectivity index (χ0) is 14.0. The normalized spacial score (nSPS) is 21.7. The van der Waals surface area contributed by atoms with Crippen LogP contribution in [0.15, 0.2) is 30.3 Å². The molecule has 0 heterocycles. The molecule has 0 spiro atoms. The molecule has 3 heteroatoms. The maximum Gasteiger partial charge on any atom is 0.308 e. The molecule has 1 aliphatic rings. The van der Waals surface area contributed by atoms with Crippen molar-refractivity contribution in [3.63, 3.8) is 0 Å². The number of carbonyl (C=O) groups excluding carboxylic acids is 1. The third-order valence-corrected chi connectivity index (χ3v) is 3.31. The van der Waals surface area contributed by atoms with E-state index in [1.165, 1.54) is 6.92 Å². The van der Waals surface area contributed by atoms with Crippen LogP contribution in [-0.4, -0.2) is 17.2 Å². The van der Waals surface area contributed by atoms with Gasteiger partial charge in [-0.05, 0) is 41.5 Å².